The van der Waals surface area contributed by atoms with Crippen LogP contribution in [0.4, 0.5) is 4.79 Å². The third-order valence-corrected chi connectivity index (χ3v) is 3.94. The molecule has 0 bridgehead atoms. The minimum atomic E-state index is -0.570. The van der Waals surface area contributed by atoms with Gasteiger partial charge in [0, 0.05) is 38.9 Å². The molecule has 0 aliphatic carbocycles. The van der Waals surface area contributed by atoms with Crippen LogP contribution in [0.3, 0.4) is 0 Å². The van der Waals surface area contributed by atoms with Gasteiger partial charge < -0.3 is 19.3 Å². The molecule has 1 saturated heterocycles. The molecule has 1 aliphatic rings. The van der Waals surface area contributed by atoms with Gasteiger partial charge in [0.25, 0.3) is 5.91 Å². The fraction of sp³-hybridized carbons (Fsp3) is 0.600. The predicted octanol–water partition coefficient (Wildman–Crippen LogP) is 0.186. The van der Waals surface area contributed by atoms with E-state index in [2.05, 4.69) is 5.10 Å². The van der Waals surface area contributed by atoms with Crippen molar-refractivity contribution in [1.29, 1.82) is 0 Å². The maximum Gasteiger partial charge on any atom is 0.409 e. The lowest BCUT2D eigenvalue weighted by molar-refractivity contribution is -0.136. The topological polar surface area (TPSA) is 94.0 Å². The molecular formula is C15H22N4O5. The zero-order valence-corrected chi connectivity index (χ0v) is 14.2. The van der Waals surface area contributed by atoms with Crippen molar-refractivity contribution in [3.05, 3.63) is 17.5 Å². The van der Waals surface area contributed by atoms with Crippen LogP contribution in [-0.4, -0.2) is 76.9 Å². The number of rotatable bonds is 4. The monoisotopic (exact) mass is 338 g/mol. The Morgan fingerprint density at radius 1 is 1.12 bits per heavy atom. The van der Waals surface area contributed by atoms with Crippen molar-refractivity contribution in [3.8, 4) is 0 Å². The lowest BCUT2D eigenvalue weighted by Crippen LogP contribution is -2.51. The van der Waals surface area contributed by atoms with E-state index in [1.54, 1.807) is 35.4 Å². The lowest BCUT2D eigenvalue weighted by atomic mass is 10.3. The number of aromatic nitrogens is 2. The average molecular weight is 338 g/mol. The zero-order chi connectivity index (χ0) is 17.7. The number of hydrogen-bond acceptors (Lipinski definition) is 6. The normalized spacial score (nSPS) is 14.5. The summed E-state index contributed by atoms with van der Waals surface area (Å²) >= 11 is 0. The Morgan fingerprint density at radius 2 is 1.75 bits per heavy atom. The molecule has 0 unspecified atom stereocenters. The second-order valence-electron chi connectivity index (χ2n) is 5.41. The molecule has 0 aromatic carbocycles. The molecule has 2 amide bonds. The number of nitrogens with zero attached hydrogens (tertiary/aromatic N) is 4. The molecule has 2 rings (SSSR count). The quantitative estimate of drug-likeness (QED) is 0.727. The van der Waals surface area contributed by atoms with E-state index in [0.717, 1.165) is 0 Å². The summed E-state index contributed by atoms with van der Waals surface area (Å²) in [5.74, 6) is -0.854. The van der Waals surface area contributed by atoms with Gasteiger partial charge in [-0.2, -0.15) is 5.10 Å². The summed E-state index contributed by atoms with van der Waals surface area (Å²) in [6.45, 7) is 5.08. The van der Waals surface area contributed by atoms with Gasteiger partial charge in [0.2, 0.25) is 0 Å². The van der Waals surface area contributed by atoms with Gasteiger partial charge in [0.05, 0.1) is 12.8 Å². The number of aryl methyl sites for hydroxylation is 1. The standard InChI is InChI=1S/C15H22N4O5/c1-4-23-15(22)19-7-5-18(6-8-19)13(20)10-24-14(21)12-9-16-17(3)11(12)2/h9H,4-8,10H2,1-3H3. The summed E-state index contributed by atoms with van der Waals surface area (Å²) in [6, 6.07) is 0. The first-order chi connectivity index (χ1) is 11.4. The van der Waals surface area contributed by atoms with Gasteiger partial charge in [-0.15, -0.1) is 0 Å². The highest BCUT2D eigenvalue weighted by molar-refractivity contribution is 5.92. The third kappa shape index (κ3) is 4.03. The van der Waals surface area contributed by atoms with Crippen LogP contribution in [0.15, 0.2) is 6.20 Å². The van der Waals surface area contributed by atoms with E-state index in [-0.39, 0.29) is 18.6 Å². The van der Waals surface area contributed by atoms with Crippen LogP contribution in [0, 0.1) is 6.92 Å². The fourth-order valence-corrected chi connectivity index (χ4v) is 2.35. The first-order valence-corrected chi connectivity index (χ1v) is 7.79. The van der Waals surface area contributed by atoms with E-state index < -0.39 is 5.97 Å². The van der Waals surface area contributed by atoms with E-state index in [1.807, 2.05) is 0 Å². The van der Waals surface area contributed by atoms with Gasteiger partial charge in [-0.05, 0) is 13.8 Å². The van der Waals surface area contributed by atoms with E-state index in [9.17, 15) is 14.4 Å². The lowest BCUT2D eigenvalue weighted by Gasteiger charge is -2.33. The van der Waals surface area contributed by atoms with Crippen LogP contribution in [0.25, 0.3) is 0 Å². The van der Waals surface area contributed by atoms with Crippen LogP contribution in [0.2, 0.25) is 0 Å². The predicted molar refractivity (Wildman–Crippen MR) is 83.4 cm³/mol. The fourth-order valence-electron chi connectivity index (χ4n) is 2.35. The van der Waals surface area contributed by atoms with Crippen LogP contribution in [-0.2, 0) is 21.3 Å². The Kier molecular flexibility index (Phi) is 5.78. The molecule has 9 nitrogen and oxygen atoms in total. The van der Waals surface area contributed by atoms with Gasteiger partial charge >= 0.3 is 12.1 Å². The first-order valence-electron chi connectivity index (χ1n) is 7.79. The highest BCUT2D eigenvalue weighted by Gasteiger charge is 2.25. The van der Waals surface area contributed by atoms with Crippen LogP contribution >= 0.6 is 0 Å². The zero-order valence-electron chi connectivity index (χ0n) is 14.2. The van der Waals surface area contributed by atoms with E-state index in [4.69, 9.17) is 9.47 Å². The molecular weight excluding hydrogens is 316 g/mol. The summed E-state index contributed by atoms with van der Waals surface area (Å²) in [5, 5.41) is 3.97. The summed E-state index contributed by atoms with van der Waals surface area (Å²) < 4.78 is 11.5. The van der Waals surface area contributed by atoms with E-state index >= 15 is 0 Å². The van der Waals surface area contributed by atoms with Crippen LogP contribution in [0.5, 0.6) is 0 Å². The van der Waals surface area contributed by atoms with Gasteiger partial charge in [-0.25, -0.2) is 9.59 Å². The van der Waals surface area contributed by atoms with Gasteiger partial charge in [0.15, 0.2) is 6.61 Å². The molecule has 9 heteroatoms. The van der Waals surface area contributed by atoms with Crippen molar-refractivity contribution in [2.75, 3.05) is 39.4 Å². The van der Waals surface area contributed by atoms with Crippen LogP contribution in [0.1, 0.15) is 23.0 Å². The molecule has 1 aromatic rings. The molecule has 1 fully saturated rings. The number of esters is 1. The smallest absolute Gasteiger partial charge is 0.409 e. The van der Waals surface area contributed by atoms with Crippen LogP contribution < -0.4 is 0 Å². The number of hydrogen-bond donors (Lipinski definition) is 0. The number of carbonyl (C=O) groups excluding carboxylic acids is 3. The molecule has 0 atom stereocenters. The Balaban J connectivity index is 1.79. The summed E-state index contributed by atoms with van der Waals surface area (Å²) in [5.41, 5.74) is 1.02. The second kappa shape index (κ2) is 7.80. The average Bonchev–Trinajstić information content (AvgIpc) is 2.92. The van der Waals surface area contributed by atoms with Crippen molar-refractivity contribution in [1.82, 2.24) is 19.6 Å². The number of piperazine rings is 1. The third-order valence-electron chi connectivity index (χ3n) is 3.94. The number of amides is 2. The Labute approximate surface area is 140 Å². The Hall–Kier alpha value is -2.58. The van der Waals surface area contributed by atoms with Crippen molar-refractivity contribution >= 4 is 18.0 Å². The van der Waals surface area contributed by atoms with Gasteiger partial charge in [-0.3, -0.25) is 9.48 Å². The molecule has 1 aliphatic heterocycles. The van der Waals surface area contributed by atoms with Crippen molar-refractivity contribution in [3.63, 3.8) is 0 Å². The Morgan fingerprint density at radius 3 is 2.29 bits per heavy atom. The molecule has 0 radical (unpaired) electrons. The van der Waals surface area contributed by atoms with Gasteiger partial charge in [-0.1, -0.05) is 0 Å². The molecule has 0 spiro atoms. The summed E-state index contributed by atoms with van der Waals surface area (Å²) in [7, 11) is 1.72. The maximum atomic E-state index is 12.1. The highest BCUT2D eigenvalue weighted by atomic mass is 16.6. The van der Waals surface area contributed by atoms with E-state index in [0.29, 0.717) is 44.0 Å². The largest absolute Gasteiger partial charge is 0.452 e. The molecule has 2 heterocycles. The highest BCUT2D eigenvalue weighted by Crippen LogP contribution is 2.08. The number of carbonyl (C=O) groups is 3. The van der Waals surface area contributed by atoms with Crippen molar-refractivity contribution in [2.24, 2.45) is 7.05 Å². The molecule has 0 N–H and O–H groups in total. The van der Waals surface area contributed by atoms with Crippen molar-refractivity contribution in [2.45, 2.75) is 13.8 Å². The number of ether oxygens (including phenoxy) is 2. The van der Waals surface area contributed by atoms with Gasteiger partial charge in [0.1, 0.15) is 5.56 Å². The summed E-state index contributed by atoms with van der Waals surface area (Å²) in [6.07, 6.45) is 1.04. The summed E-state index contributed by atoms with van der Waals surface area (Å²) in [4.78, 5) is 38.8. The maximum absolute atomic E-state index is 12.1. The molecule has 0 saturated carbocycles. The van der Waals surface area contributed by atoms with E-state index in [1.165, 1.54) is 6.20 Å². The molecule has 1 aromatic heterocycles. The Bertz CT molecular complexity index is 619. The first kappa shape index (κ1) is 17.8. The minimum absolute atomic E-state index is 0.284. The van der Waals surface area contributed by atoms with Crippen molar-refractivity contribution < 1.29 is 23.9 Å². The molecule has 24 heavy (non-hydrogen) atoms. The SMILES string of the molecule is CCOC(=O)N1CCN(C(=O)COC(=O)c2cnn(C)c2C)CC1. The second-order valence-corrected chi connectivity index (χ2v) is 5.41. The minimum Gasteiger partial charge on any atom is -0.452 e. The molecule has 132 valence electrons.